The fraction of sp³-hybridized carbons (Fsp3) is 0.818. The Kier molecular flexibility index (Phi) is 5.01. The molecule has 1 unspecified atom stereocenters. The molecule has 18 heavy (non-hydrogen) atoms. The number of carbonyl (C=O) groups is 2. The van der Waals surface area contributed by atoms with Crippen molar-refractivity contribution in [3.05, 3.63) is 0 Å². The Bertz CT molecular complexity index is 312. The van der Waals surface area contributed by atoms with E-state index in [2.05, 4.69) is 10.1 Å². The van der Waals surface area contributed by atoms with Crippen molar-refractivity contribution in [2.45, 2.75) is 37.6 Å². The molecule has 5 nitrogen and oxygen atoms in total. The van der Waals surface area contributed by atoms with Crippen molar-refractivity contribution in [3.63, 3.8) is 0 Å². The minimum absolute atomic E-state index is 0.0815. The van der Waals surface area contributed by atoms with Crippen LogP contribution in [0.3, 0.4) is 0 Å². The largest absolute Gasteiger partial charge is 0.467 e. The summed E-state index contributed by atoms with van der Waals surface area (Å²) >= 11 is 0. The number of hydrogen-bond donors (Lipinski definition) is 2. The van der Waals surface area contributed by atoms with Crippen LogP contribution in [0.4, 0.5) is 8.78 Å². The summed E-state index contributed by atoms with van der Waals surface area (Å²) in [4.78, 5) is 22.9. The maximum Gasteiger partial charge on any atom is 0.330 e. The molecule has 0 aliphatic heterocycles. The molecule has 0 saturated heterocycles. The number of nitrogens with one attached hydrogen (secondary N) is 1. The van der Waals surface area contributed by atoms with E-state index in [4.69, 9.17) is 5.11 Å². The molecule has 1 aliphatic rings. The van der Waals surface area contributed by atoms with Gasteiger partial charge in [0.2, 0.25) is 11.8 Å². The van der Waals surface area contributed by atoms with E-state index in [1.54, 1.807) is 0 Å². The van der Waals surface area contributed by atoms with Crippen LogP contribution >= 0.6 is 0 Å². The number of hydrogen-bond acceptors (Lipinski definition) is 4. The van der Waals surface area contributed by atoms with Gasteiger partial charge in [-0.1, -0.05) is 0 Å². The number of carbonyl (C=O) groups excluding carboxylic acids is 2. The van der Waals surface area contributed by atoms with E-state index < -0.39 is 36.4 Å². The zero-order valence-electron chi connectivity index (χ0n) is 10.1. The molecular weight excluding hydrogens is 248 g/mol. The summed E-state index contributed by atoms with van der Waals surface area (Å²) in [6.45, 7) is -0.582. The lowest BCUT2D eigenvalue weighted by atomic mass is 9.86. The summed E-state index contributed by atoms with van der Waals surface area (Å²) in [7, 11) is 1.14. The van der Waals surface area contributed by atoms with E-state index in [9.17, 15) is 18.4 Å². The Balaban J connectivity index is 2.48. The van der Waals surface area contributed by atoms with Gasteiger partial charge in [-0.15, -0.1) is 0 Å². The van der Waals surface area contributed by atoms with Gasteiger partial charge in [0.05, 0.1) is 13.7 Å². The van der Waals surface area contributed by atoms with Gasteiger partial charge < -0.3 is 15.2 Å². The van der Waals surface area contributed by atoms with Gasteiger partial charge in [0.1, 0.15) is 0 Å². The van der Waals surface area contributed by atoms with E-state index in [1.165, 1.54) is 0 Å². The summed E-state index contributed by atoms with van der Waals surface area (Å²) in [6, 6.07) is -1.13. The lowest BCUT2D eigenvalue weighted by Gasteiger charge is -2.28. The molecule has 1 atom stereocenters. The maximum absolute atomic E-state index is 12.9. The van der Waals surface area contributed by atoms with Crippen molar-refractivity contribution in [2.75, 3.05) is 13.7 Å². The Labute approximate surface area is 103 Å². The molecule has 104 valence electrons. The summed E-state index contributed by atoms with van der Waals surface area (Å²) in [5.41, 5.74) is 0. The predicted octanol–water partition coefficient (Wildman–Crippen LogP) is 0.462. The molecule has 1 fully saturated rings. The second-order valence-electron chi connectivity index (χ2n) is 4.40. The second-order valence-corrected chi connectivity index (χ2v) is 4.40. The van der Waals surface area contributed by atoms with Crippen molar-refractivity contribution in [3.8, 4) is 0 Å². The van der Waals surface area contributed by atoms with Crippen LogP contribution < -0.4 is 5.32 Å². The van der Waals surface area contributed by atoms with Gasteiger partial charge in [-0.3, -0.25) is 4.79 Å². The maximum atomic E-state index is 12.9. The number of esters is 1. The van der Waals surface area contributed by atoms with Gasteiger partial charge in [0, 0.05) is 18.8 Å². The van der Waals surface area contributed by atoms with Crippen LogP contribution in [0.1, 0.15) is 25.7 Å². The first kappa shape index (κ1) is 14.8. The van der Waals surface area contributed by atoms with Crippen LogP contribution in [-0.2, 0) is 14.3 Å². The highest BCUT2D eigenvalue weighted by Gasteiger charge is 2.38. The molecule has 0 aromatic heterocycles. The summed E-state index contributed by atoms with van der Waals surface area (Å²) in [5.74, 6) is -4.49. The second kappa shape index (κ2) is 6.08. The van der Waals surface area contributed by atoms with Crippen LogP contribution in [-0.4, -0.2) is 42.7 Å². The van der Waals surface area contributed by atoms with Gasteiger partial charge in [0.25, 0.3) is 0 Å². The normalized spacial score (nSPS) is 21.1. The van der Waals surface area contributed by atoms with Crippen LogP contribution in [0.5, 0.6) is 0 Å². The predicted molar refractivity (Wildman–Crippen MR) is 57.9 cm³/mol. The Morgan fingerprint density at radius 2 is 2.00 bits per heavy atom. The van der Waals surface area contributed by atoms with Crippen LogP contribution in [0.25, 0.3) is 0 Å². The van der Waals surface area contributed by atoms with E-state index >= 15 is 0 Å². The van der Waals surface area contributed by atoms with Crippen molar-refractivity contribution in [1.82, 2.24) is 5.32 Å². The van der Waals surface area contributed by atoms with Gasteiger partial charge in [-0.25, -0.2) is 13.6 Å². The monoisotopic (exact) mass is 265 g/mol. The lowest BCUT2D eigenvalue weighted by Crippen LogP contribution is -2.47. The molecule has 1 amide bonds. The highest BCUT2D eigenvalue weighted by Crippen LogP contribution is 2.36. The Hall–Kier alpha value is -1.24. The Morgan fingerprint density at radius 3 is 2.44 bits per heavy atom. The Morgan fingerprint density at radius 1 is 1.44 bits per heavy atom. The third kappa shape index (κ3) is 3.90. The van der Waals surface area contributed by atoms with Crippen molar-refractivity contribution >= 4 is 11.9 Å². The number of amides is 1. The molecule has 0 heterocycles. The number of aliphatic hydroxyl groups excluding tert-OH is 1. The van der Waals surface area contributed by atoms with Gasteiger partial charge in [-0.2, -0.15) is 0 Å². The van der Waals surface area contributed by atoms with E-state index in [1.807, 2.05) is 0 Å². The fourth-order valence-corrected chi connectivity index (χ4v) is 1.91. The van der Waals surface area contributed by atoms with Crippen LogP contribution in [0.2, 0.25) is 0 Å². The first-order valence-corrected chi connectivity index (χ1v) is 5.76. The minimum Gasteiger partial charge on any atom is -0.467 e. The average Bonchev–Trinajstić information content (AvgIpc) is 2.34. The molecule has 2 N–H and O–H groups in total. The number of methoxy groups -OCH3 is 1. The first-order valence-electron chi connectivity index (χ1n) is 5.76. The highest BCUT2D eigenvalue weighted by atomic mass is 19.3. The standard InChI is InChI=1S/C11H17F2NO4/c1-18-10(17)8(6-15)14-9(16)7-2-4-11(12,13)5-3-7/h7-8,15H,2-6H2,1H3,(H,14,16). The van der Waals surface area contributed by atoms with Gasteiger partial charge in [-0.05, 0) is 12.8 Å². The number of halogens is 2. The third-order valence-corrected chi connectivity index (χ3v) is 3.07. The first-order chi connectivity index (χ1) is 8.39. The van der Waals surface area contributed by atoms with E-state index in [0.29, 0.717) is 0 Å². The minimum atomic E-state index is -2.70. The summed E-state index contributed by atoms with van der Waals surface area (Å²) in [6.07, 6.45) is -0.490. The molecule has 1 saturated carbocycles. The number of rotatable bonds is 4. The quantitative estimate of drug-likeness (QED) is 0.724. The molecule has 1 rings (SSSR count). The van der Waals surface area contributed by atoms with Gasteiger partial charge in [0.15, 0.2) is 6.04 Å². The molecule has 0 spiro atoms. The fourth-order valence-electron chi connectivity index (χ4n) is 1.91. The number of alkyl halides is 2. The molecule has 0 radical (unpaired) electrons. The molecule has 0 aromatic carbocycles. The molecule has 7 heteroatoms. The van der Waals surface area contributed by atoms with Crippen molar-refractivity contribution in [1.29, 1.82) is 0 Å². The van der Waals surface area contributed by atoms with Crippen molar-refractivity contribution < 1.29 is 28.2 Å². The SMILES string of the molecule is COC(=O)C(CO)NC(=O)C1CCC(F)(F)CC1. The molecular formula is C11H17F2NO4. The topological polar surface area (TPSA) is 75.6 Å². The van der Waals surface area contributed by atoms with E-state index in [-0.39, 0.29) is 25.7 Å². The number of aliphatic hydroxyl groups is 1. The van der Waals surface area contributed by atoms with Crippen LogP contribution in [0.15, 0.2) is 0 Å². The number of ether oxygens (including phenoxy) is 1. The smallest absolute Gasteiger partial charge is 0.330 e. The molecule has 1 aliphatic carbocycles. The zero-order valence-corrected chi connectivity index (χ0v) is 10.1. The van der Waals surface area contributed by atoms with Gasteiger partial charge >= 0.3 is 5.97 Å². The lowest BCUT2D eigenvalue weighted by molar-refractivity contribution is -0.147. The van der Waals surface area contributed by atoms with E-state index in [0.717, 1.165) is 7.11 Å². The summed E-state index contributed by atoms with van der Waals surface area (Å²) < 4.78 is 30.2. The third-order valence-electron chi connectivity index (χ3n) is 3.07. The summed E-state index contributed by atoms with van der Waals surface area (Å²) in [5, 5.41) is 11.2. The average molecular weight is 265 g/mol. The van der Waals surface area contributed by atoms with Crippen molar-refractivity contribution in [2.24, 2.45) is 5.92 Å². The molecule has 0 aromatic rings. The molecule has 0 bridgehead atoms. The highest BCUT2D eigenvalue weighted by molar-refractivity contribution is 5.85. The zero-order chi connectivity index (χ0) is 13.8. The van der Waals surface area contributed by atoms with Crippen LogP contribution in [0, 0.1) is 5.92 Å².